The van der Waals surface area contributed by atoms with E-state index in [1.807, 2.05) is 0 Å². The molecular formula is C14H29NS2. The third-order valence-corrected chi connectivity index (χ3v) is 6.82. The van der Waals surface area contributed by atoms with Crippen LogP contribution in [0.2, 0.25) is 0 Å². The van der Waals surface area contributed by atoms with Crippen molar-refractivity contribution in [2.75, 3.05) is 11.5 Å². The monoisotopic (exact) mass is 275 g/mol. The third-order valence-electron chi connectivity index (χ3n) is 3.55. The smallest absolute Gasteiger partial charge is 0.0315 e. The molecular weight excluding hydrogens is 246 g/mol. The molecule has 1 rings (SSSR count). The topological polar surface area (TPSA) is 26.0 Å². The summed E-state index contributed by atoms with van der Waals surface area (Å²) in [6.45, 7) is 4.62. The summed E-state index contributed by atoms with van der Waals surface area (Å²) in [5.74, 6) is 2.61. The summed E-state index contributed by atoms with van der Waals surface area (Å²) >= 11 is 4.21. The molecule has 1 heterocycles. The van der Waals surface area contributed by atoms with Crippen molar-refractivity contribution in [3.8, 4) is 0 Å². The van der Waals surface area contributed by atoms with Crippen LogP contribution in [0, 0.1) is 0 Å². The number of rotatable bonds is 8. The lowest BCUT2D eigenvalue weighted by Crippen LogP contribution is -2.40. The molecule has 3 heteroatoms. The molecule has 0 aromatic carbocycles. The molecule has 1 fully saturated rings. The van der Waals surface area contributed by atoms with Crippen molar-refractivity contribution in [3.63, 3.8) is 0 Å². The molecule has 0 spiro atoms. The van der Waals surface area contributed by atoms with Gasteiger partial charge in [0, 0.05) is 28.0 Å². The fourth-order valence-electron chi connectivity index (χ4n) is 2.44. The van der Waals surface area contributed by atoms with Crippen molar-refractivity contribution in [3.05, 3.63) is 0 Å². The molecule has 3 atom stereocenters. The molecule has 102 valence electrons. The van der Waals surface area contributed by atoms with Gasteiger partial charge in [-0.3, -0.25) is 0 Å². The quantitative estimate of drug-likeness (QED) is 0.669. The SMILES string of the molecule is CCCCCCCCC(N)C1SCCSC1C. The van der Waals surface area contributed by atoms with Gasteiger partial charge in [-0.2, -0.15) is 23.5 Å². The van der Waals surface area contributed by atoms with E-state index < -0.39 is 0 Å². The second-order valence-corrected chi connectivity index (χ2v) is 7.90. The average molecular weight is 276 g/mol. The maximum absolute atomic E-state index is 6.35. The van der Waals surface area contributed by atoms with Gasteiger partial charge in [-0.15, -0.1) is 0 Å². The summed E-state index contributed by atoms with van der Waals surface area (Å²) in [7, 11) is 0. The minimum Gasteiger partial charge on any atom is -0.327 e. The first-order valence-electron chi connectivity index (χ1n) is 7.24. The summed E-state index contributed by atoms with van der Waals surface area (Å²) in [4.78, 5) is 0. The second kappa shape index (κ2) is 9.57. The zero-order chi connectivity index (χ0) is 12.5. The van der Waals surface area contributed by atoms with Crippen molar-refractivity contribution in [2.24, 2.45) is 5.73 Å². The van der Waals surface area contributed by atoms with Gasteiger partial charge in [0.15, 0.2) is 0 Å². The molecule has 0 amide bonds. The fourth-order valence-corrected chi connectivity index (χ4v) is 5.38. The van der Waals surface area contributed by atoms with E-state index in [4.69, 9.17) is 5.73 Å². The molecule has 0 aromatic heterocycles. The molecule has 1 aliphatic heterocycles. The van der Waals surface area contributed by atoms with Crippen LogP contribution in [-0.2, 0) is 0 Å². The summed E-state index contributed by atoms with van der Waals surface area (Å²) in [5.41, 5.74) is 6.35. The molecule has 2 N–H and O–H groups in total. The Morgan fingerprint density at radius 3 is 2.41 bits per heavy atom. The zero-order valence-electron chi connectivity index (χ0n) is 11.5. The van der Waals surface area contributed by atoms with Crippen LogP contribution in [0.3, 0.4) is 0 Å². The Balaban J connectivity index is 2.05. The molecule has 1 nitrogen and oxygen atoms in total. The highest BCUT2D eigenvalue weighted by Gasteiger charge is 2.27. The van der Waals surface area contributed by atoms with Crippen LogP contribution in [0.5, 0.6) is 0 Å². The van der Waals surface area contributed by atoms with Gasteiger partial charge < -0.3 is 5.73 Å². The van der Waals surface area contributed by atoms with E-state index in [-0.39, 0.29) is 0 Å². The van der Waals surface area contributed by atoms with E-state index >= 15 is 0 Å². The largest absolute Gasteiger partial charge is 0.327 e. The molecule has 1 saturated heterocycles. The Bertz CT molecular complexity index is 187. The van der Waals surface area contributed by atoms with E-state index in [9.17, 15) is 0 Å². The van der Waals surface area contributed by atoms with Crippen molar-refractivity contribution in [2.45, 2.75) is 75.3 Å². The van der Waals surface area contributed by atoms with Crippen LogP contribution < -0.4 is 5.73 Å². The molecule has 0 bridgehead atoms. The average Bonchev–Trinajstić information content (AvgIpc) is 2.34. The van der Waals surface area contributed by atoms with Crippen molar-refractivity contribution in [1.82, 2.24) is 0 Å². The highest BCUT2D eigenvalue weighted by Crippen LogP contribution is 2.33. The standard InChI is InChI=1S/C14H29NS2/c1-3-4-5-6-7-8-9-13(15)14-12(2)16-10-11-17-14/h12-14H,3-11,15H2,1-2H3. The predicted octanol–water partition coefficient (Wildman–Crippen LogP) is 4.30. The van der Waals surface area contributed by atoms with Gasteiger partial charge in [0.05, 0.1) is 0 Å². The zero-order valence-corrected chi connectivity index (χ0v) is 13.1. The van der Waals surface area contributed by atoms with Gasteiger partial charge in [-0.1, -0.05) is 52.4 Å². The number of unbranched alkanes of at least 4 members (excludes halogenated alkanes) is 5. The van der Waals surface area contributed by atoms with Gasteiger partial charge in [-0.25, -0.2) is 0 Å². The predicted molar refractivity (Wildman–Crippen MR) is 84.1 cm³/mol. The first-order chi connectivity index (χ1) is 8.25. The molecule has 0 saturated carbocycles. The molecule has 0 aromatic rings. The van der Waals surface area contributed by atoms with Gasteiger partial charge in [0.2, 0.25) is 0 Å². The van der Waals surface area contributed by atoms with Crippen LogP contribution in [0.4, 0.5) is 0 Å². The van der Waals surface area contributed by atoms with E-state index in [0.717, 1.165) is 5.25 Å². The molecule has 1 aliphatic rings. The minimum absolute atomic E-state index is 0.425. The first kappa shape index (κ1) is 15.7. The summed E-state index contributed by atoms with van der Waals surface area (Å²) in [6, 6.07) is 0.425. The Labute approximate surface area is 116 Å². The Morgan fingerprint density at radius 1 is 1.06 bits per heavy atom. The van der Waals surface area contributed by atoms with Gasteiger partial charge in [-0.05, 0) is 6.42 Å². The van der Waals surface area contributed by atoms with E-state index in [2.05, 4.69) is 37.4 Å². The van der Waals surface area contributed by atoms with Crippen LogP contribution in [0.1, 0.15) is 58.8 Å². The fraction of sp³-hybridized carbons (Fsp3) is 1.00. The highest BCUT2D eigenvalue weighted by atomic mass is 32.2. The maximum Gasteiger partial charge on any atom is 0.0315 e. The molecule has 3 unspecified atom stereocenters. The van der Waals surface area contributed by atoms with Crippen LogP contribution in [-0.4, -0.2) is 28.0 Å². The van der Waals surface area contributed by atoms with Gasteiger partial charge in [0.1, 0.15) is 0 Å². The van der Waals surface area contributed by atoms with Crippen molar-refractivity contribution < 1.29 is 0 Å². The Kier molecular flexibility index (Phi) is 8.85. The second-order valence-electron chi connectivity index (χ2n) is 5.13. The molecule has 0 aliphatic carbocycles. The normalized spacial score (nSPS) is 27.0. The summed E-state index contributed by atoms with van der Waals surface area (Å²) in [5, 5.41) is 1.45. The lowest BCUT2D eigenvalue weighted by atomic mass is 10.0. The van der Waals surface area contributed by atoms with Crippen LogP contribution in [0.15, 0.2) is 0 Å². The third kappa shape index (κ3) is 6.40. The van der Waals surface area contributed by atoms with E-state index in [1.54, 1.807) is 0 Å². The number of hydrogen-bond acceptors (Lipinski definition) is 3. The maximum atomic E-state index is 6.35. The highest BCUT2D eigenvalue weighted by molar-refractivity contribution is 8.07. The van der Waals surface area contributed by atoms with Crippen LogP contribution in [0.25, 0.3) is 0 Å². The van der Waals surface area contributed by atoms with Gasteiger partial charge in [0.25, 0.3) is 0 Å². The van der Waals surface area contributed by atoms with Crippen molar-refractivity contribution >= 4 is 23.5 Å². The number of nitrogens with two attached hydrogens (primary N) is 1. The summed E-state index contributed by atoms with van der Waals surface area (Å²) in [6.07, 6.45) is 9.50. The Morgan fingerprint density at radius 2 is 1.71 bits per heavy atom. The number of thioether (sulfide) groups is 2. The van der Waals surface area contributed by atoms with Crippen molar-refractivity contribution in [1.29, 1.82) is 0 Å². The minimum atomic E-state index is 0.425. The molecule has 0 radical (unpaired) electrons. The number of hydrogen-bond donors (Lipinski definition) is 1. The lowest BCUT2D eigenvalue weighted by Gasteiger charge is -2.32. The van der Waals surface area contributed by atoms with E-state index in [0.29, 0.717) is 11.3 Å². The molecule has 17 heavy (non-hydrogen) atoms. The summed E-state index contributed by atoms with van der Waals surface area (Å²) < 4.78 is 0. The lowest BCUT2D eigenvalue weighted by molar-refractivity contribution is 0.519. The van der Waals surface area contributed by atoms with Crippen LogP contribution >= 0.6 is 23.5 Å². The first-order valence-corrected chi connectivity index (χ1v) is 9.34. The van der Waals surface area contributed by atoms with E-state index in [1.165, 1.54) is 56.5 Å². The Hall–Kier alpha value is 0.660. The van der Waals surface area contributed by atoms with Gasteiger partial charge >= 0.3 is 0 Å².